The van der Waals surface area contributed by atoms with E-state index in [-0.39, 0.29) is 31.0 Å². The average molecular weight is 263 g/mol. The maximum Gasteiger partial charge on any atom is 0.224 e. The number of nitrogens with one attached hydrogen (secondary N) is 1. The summed E-state index contributed by atoms with van der Waals surface area (Å²) in [6.45, 7) is 1.36. The van der Waals surface area contributed by atoms with Gasteiger partial charge < -0.3 is 15.5 Å². The van der Waals surface area contributed by atoms with Crippen LogP contribution in [-0.4, -0.2) is 34.9 Å². The topological polar surface area (TPSA) is 69.6 Å². The third-order valence-electron chi connectivity index (χ3n) is 4.03. The highest BCUT2D eigenvalue weighted by molar-refractivity contribution is 5.83. The van der Waals surface area contributed by atoms with Gasteiger partial charge in [0.1, 0.15) is 0 Å². The highest BCUT2D eigenvalue weighted by Gasteiger charge is 2.45. The van der Waals surface area contributed by atoms with E-state index >= 15 is 0 Å². The van der Waals surface area contributed by atoms with Crippen molar-refractivity contribution in [3.63, 3.8) is 0 Å². The van der Waals surface area contributed by atoms with E-state index < -0.39 is 5.54 Å². The van der Waals surface area contributed by atoms with E-state index in [0.29, 0.717) is 6.42 Å². The van der Waals surface area contributed by atoms with Crippen molar-refractivity contribution in [3.05, 3.63) is 35.9 Å². The van der Waals surface area contributed by atoms with E-state index in [1.165, 1.54) is 5.56 Å². The molecule has 104 valence electrons. The lowest BCUT2D eigenvalue weighted by Gasteiger charge is -2.29. The van der Waals surface area contributed by atoms with Crippen molar-refractivity contribution in [1.82, 2.24) is 5.32 Å². The average Bonchev–Trinajstić information content (AvgIpc) is 3.26. The van der Waals surface area contributed by atoms with Crippen LogP contribution in [0.4, 0.5) is 0 Å². The number of hydrogen-bond acceptors (Lipinski definition) is 3. The predicted octanol–water partition coefficient (Wildman–Crippen LogP) is 1.04. The summed E-state index contributed by atoms with van der Waals surface area (Å²) in [6.07, 6.45) is 1.35. The fourth-order valence-electron chi connectivity index (χ4n) is 2.35. The second-order valence-corrected chi connectivity index (χ2v) is 5.30. The molecular weight excluding hydrogens is 242 g/mol. The molecule has 0 heterocycles. The van der Waals surface area contributed by atoms with Gasteiger partial charge in [-0.3, -0.25) is 4.79 Å². The number of hydrogen-bond donors (Lipinski definition) is 3. The smallest absolute Gasteiger partial charge is 0.224 e. The van der Waals surface area contributed by atoms with E-state index in [1.54, 1.807) is 0 Å². The molecule has 1 aliphatic rings. The van der Waals surface area contributed by atoms with E-state index in [2.05, 4.69) is 5.32 Å². The summed E-state index contributed by atoms with van der Waals surface area (Å²) in [6, 6.07) is 9.97. The Morgan fingerprint density at radius 3 is 2.47 bits per heavy atom. The van der Waals surface area contributed by atoms with Crippen molar-refractivity contribution in [2.45, 2.75) is 31.2 Å². The molecular formula is C15H21NO3. The van der Waals surface area contributed by atoms with Crippen LogP contribution in [0.3, 0.4) is 0 Å². The Morgan fingerprint density at radius 1 is 1.32 bits per heavy atom. The fraction of sp³-hybridized carbons (Fsp3) is 0.533. The van der Waals surface area contributed by atoms with Gasteiger partial charge >= 0.3 is 0 Å². The van der Waals surface area contributed by atoms with Crippen molar-refractivity contribution in [3.8, 4) is 0 Å². The van der Waals surface area contributed by atoms with Crippen LogP contribution in [0.1, 0.15) is 31.2 Å². The number of aliphatic hydroxyl groups is 2. The molecule has 0 aromatic heterocycles. The lowest BCUT2D eigenvalue weighted by atomic mass is 9.98. The molecule has 0 saturated heterocycles. The molecule has 1 aromatic carbocycles. The van der Waals surface area contributed by atoms with E-state index in [0.717, 1.165) is 6.42 Å². The Hall–Kier alpha value is -1.39. The zero-order valence-corrected chi connectivity index (χ0v) is 11.2. The Morgan fingerprint density at radius 2 is 1.95 bits per heavy atom. The highest BCUT2D eigenvalue weighted by Crippen LogP contribution is 2.47. The van der Waals surface area contributed by atoms with Crippen LogP contribution in [0.2, 0.25) is 0 Å². The minimum atomic E-state index is -0.888. The van der Waals surface area contributed by atoms with Crippen molar-refractivity contribution < 1.29 is 15.0 Å². The molecule has 1 aliphatic carbocycles. The summed E-state index contributed by atoms with van der Waals surface area (Å²) in [7, 11) is 0. The molecule has 4 heteroatoms. The first-order chi connectivity index (χ1) is 9.15. The lowest BCUT2D eigenvalue weighted by molar-refractivity contribution is -0.125. The van der Waals surface area contributed by atoms with Gasteiger partial charge in [0.05, 0.1) is 18.8 Å². The number of amides is 1. The number of aliphatic hydroxyl groups excluding tert-OH is 2. The lowest BCUT2D eigenvalue weighted by Crippen LogP contribution is -2.54. The molecule has 1 fully saturated rings. The predicted molar refractivity (Wildman–Crippen MR) is 72.6 cm³/mol. The molecule has 1 amide bonds. The first-order valence-corrected chi connectivity index (χ1v) is 6.74. The molecule has 2 rings (SSSR count). The SMILES string of the molecule is CCC(CO)(CO)NC(=O)C1CC1c1ccccc1. The molecule has 0 bridgehead atoms. The van der Waals surface area contributed by atoms with Crippen molar-refractivity contribution >= 4 is 5.91 Å². The molecule has 0 aliphatic heterocycles. The Labute approximate surface area is 113 Å². The fourth-order valence-corrected chi connectivity index (χ4v) is 2.35. The monoisotopic (exact) mass is 263 g/mol. The van der Waals surface area contributed by atoms with Gasteiger partial charge in [0, 0.05) is 5.92 Å². The van der Waals surface area contributed by atoms with Crippen LogP contribution in [-0.2, 0) is 4.79 Å². The third-order valence-corrected chi connectivity index (χ3v) is 4.03. The molecule has 2 unspecified atom stereocenters. The first kappa shape index (κ1) is 14.0. The van der Waals surface area contributed by atoms with Crippen LogP contribution >= 0.6 is 0 Å². The molecule has 2 atom stereocenters. The second kappa shape index (κ2) is 5.72. The van der Waals surface area contributed by atoms with Crippen LogP contribution in [0.25, 0.3) is 0 Å². The van der Waals surface area contributed by atoms with Gasteiger partial charge in [0.15, 0.2) is 0 Å². The maximum atomic E-state index is 12.1. The van der Waals surface area contributed by atoms with Gasteiger partial charge in [-0.25, -0.2) is 0 Å². The van der Waals surface area contributed by atoms with E-state index in [9.17, 15) is 15.0 Å². The van der Waals surface area contributed by atoms with Crippen molar-refractivity contribution in [2.24, 2.45) is 5.92 Å². The summed E-state index contributed by atoms with van der Waals surface area (Å²) in [5.41, 5.74) is 0.290. The van der Waals surface area contributed by atoms with Gasteiger partial charge in [-0.15, -0.1) is 0 Å². The summed E-state index contributed by atoms with van der Waals surface area (Å²) in [5.74, 6) is 0.165. The largest absolute Gasteiger partial charge is 0.394 e. The van der Waals surface area contributed by atoms with Crippen molar-refractivity contribution in [2.75, 3.05) is 13.2 Å². The minimum absolute atomic E-state index is 0.0357. The summed E-state index contributed by atoms with van der Waals surface area (Å²) in [5, 5.41) is 21.5. The Bertz CT molecular complexity index is 420. The maximum absolute atomic E-state index is 12.1. The van der Waals surface area contributed by atoms with Gasteiger partial charge in [-0.05, 0) is 24.3 Å². The number of carbonyl (C=O) groups is 1. The van der Waals surface area contributed by atoms with E-state index in [4.69, 9.17) is 0 Å². The first-order valence-electron chi connectivity index (χ1n) is 6.74. The molecule has 4 nitrogen and oxygen atoms in total. The van der Waals surface area contributed by atoms with Gasteiger partial charge in [-0.2, -0.15) is 0 Å². The van der Waals surface area contributed by atoms with Crippen LogP contribution in [0, 0.1) is 5.92 Å². The van der Waals surface area contributed by atoms with Gasteiger partial charge in [0.25, 0.3) is 0 Å². The number of rotatable bonds is 6. The molecule has 1 aromatic rings. The van der Waals surface area contributed by atoms with Gasteiger partial charge in [0.2, 0.25) is 5.91 Å². The summed E-state index contributed by atoms with van der Waals surface area (Å²) < 4.78 is 0. The summed E-state index contributed by atoms with van der Waals surface area (Å²) >= 11 is 0. The highest BCUT2D eigenvalue weighted by atomic mass is 16.3. The third kappa shape index (κ3) is 2.96. The number of benzene rings is 1. The Kier molecular flexibility index (Phi) is 4.22. The van der Waals surface area contributed by atoms with E-state index in [1.807, 2.05) is 37.3 Å². The van der Waals surface area contributed by atoms with Crippen LogP contribution < -0.4 is 5.32 Å². The zero-order valence-electron chi connectivity index (χ0n) is 11.2. The molecule has 19 heavy (non-hydrogen) atoms. The molecule has 1 saturated carbocycles. The molecule has 0 spiro atoms. The zero-order chi connectivity index (χ0) is 13.9. The number of carbonyl (C=O) groups excluding carboxylic acids is 1. The van der Waals surface area contributed by atoms with Crippen LogP contribution in [0.15, 0.2) is 30.3 Å². The molecule has 3 N–H and O–H groups in total. The van der Waals surface area contributed by atoms with Gasteiger partial charge in [-0.1, -0.05) is 37.3 Å². The standard InChI is InChI=1S/C15H21NO3/c1-2-15(9-17,10-18)16-14(19)13-8-12(13)11-6-4-3-5-7-11/h3-7,12-13,17-18H,2,8-10H2,1H3,(H,16,19). The van der Waals surface area contributed by atoms with Crippen molar-refractivity contribution in [1.29, 1.82) is 0 Å². The summed E-state index contributed by atoms with van der Waals surface area (Å²) in [4.78, 5) is 12.1. The quantitative estimate of drug-likeness (QED) is 0.718. The second-order valence-electron chi connectivity index (χ2n) is 5.30. The van der Waals surface area contributed by atoms with Crippen LogP contribution in [0.5, 0.6) is 0 Å². The minimum Gasteiger partial charge on any atom is -0.394 e. The Balaban J connectivity index is 1.96. The molecule has 0 radical (unpaired) electrons. The normalized spacial score (nSPS) is 22.1.